The molecule has 0 saturated carbocycles. The maximum atomic E-state index is 12.6. The van der Waals surface area contributed by atoms with E-state index in [0.29, 0.717) is 5.69 Å². The van der Waals surface area contributed by atoms with Crippen LogP contribution in [0.15, 0.2) is 36.4 Å². The molecule has 2 heterocycles. The zero-order valence-electron chi connectivity index (χ0n) is 16.1. The monoisotopic (exact) mass is 352 g/mol. The van der Waals surface area contributed by atoms with Gasteiger partial charge in [0.25, 0.3) is 5.91 Å². The number of nitrogens with zero attached hydrogens (tertiary/aromatic N) is 3. The van der Waals surface area contributed by atoms with Gasteiger partial charge in [-0.1, -0.05) is 45.9 Å². The lowest BCUT2D eigenvalue weighted by molar-refractivity contribution is 0.102. The fourth-order valence-corrected chi connectivity index (χ4v) is 3.29. The van der Waals surface area contributed by atoms with Crippen molar-refractivity contribution < 1.29 is 4.79 Å². The van der Waals surface area contributed by atoms with E-state index in [9.17, 15) is 4.79 Å². The second-order valence-electron chi connectivity index (χ2n) is 8.20. The Hall–Kier alpha value is -2.43. The van der Waals surface area contributed by atoms with Crippen LogP contribution >= 0.6 is 0 Å². The van der Waals surface area contributed by atoms with E-state index in [2.05, 4.69) is 48.1 Å². The van der Waals surface area contributed by atoms with Crippen LogP contribution in [0.4, 0.5) is 11.5 Å². The molecule has 138 valence electrons. The lowest BCUT2D eigenvalue weighted by atomic mass is 9.86. The number of benzene rings is 1. The number of carbonyl (C=O) groups excluding carboxylic acids is 1. The SMILES string of the molecule is CC1CCN(c2ccc(C(=O)Nc3ccccc3C(C)(C)C)nn2)CC1. The molecule has 0 aliphatic carbocycles. The number of rotatable bonds is 3. The predicted octanol–water partition coefficient (Wildman–Crippen LogP) is 4.26. The number of aromatic nitrogens is 2. The fraction of sp³-hybridized carbons (Fsp3) is 0.476. The van der Waals surface area contributed by atoms with Crippen molar-refractivity contribution in [3.05, 3.63) is 47.7 Å². The van der Waals surface area contributed by atoms with Gasteiger partial charge in [0.05, 0.1) is 0 Å². The molecule has 1 aliphatic rings. The van der Waals surface area contributed by atoms with E-state index in [1.807, 2.05) is 30.3 Å². The summed E-state index contributed by atoms with van der Waals surface area (Å²) in [6.45, 7) is 10.7. The minimum atomic E-state index is -0.229. The van der Waals surface area contributed by atoms with Crippen molar-refractivity contribution in [1.29, 1.82) is 0 Å². The molecule has 26 heavy (non-hydrogen) atoms. The fourth-order valence-electron chi connectivity index (χ4n) is 3.29. The number of para-hydroxylation sites is 1. The number of hydrogen-bond donors (Lipinski definition) is 1. The number of carbonyl (C=O) groups is 1. The van der Waals surface area contributed by atoms with Crippen LogP contribution in [0.5, 0.6) is 0 Å². The van der Waals surface area contributed by atoms with Gasteiger partial charge in [0.2, 0.25) is 0 Å². The van der Waals surface area contributed by atoms with Gasteiger partial charge >= 0.3 is 0 Å². The van der Waals surface area contributed by atoms with E-state index < -0.39 is 0 Å². The molecule has 1 aromatic carbocycles. The highest BCUT2D eigenvalue weighted by molar-refractivity contribution is 6.03. The average Bonchev–Trinajstić information content (AvgIpc) is 2.62. The third-order valence-electron chi connectivity index (χ3n) is 4.97. The van der Waals surface area contributed by atoms with Gasteiger partial charge in [-0.05, 0) is 47.9 Å². The molecule has 1 amide bonds. The highest BCUT2D eigenvalue weighted by Gasteiger charge is 2.20. The van der Waals surface area contributed by atoms with Crippen LogP contribution in [0, 0.1) is 5.92 Å². The largest absolute Gasteiger partial charge is 0.355 e. The Balaban J connectivity index is 1.71. The second kappa shape index (κ2) is 7.44. The molecule has 2 aromatic rings. The van der Waals surface area contributed by atoms with Crippen LogP contribution in [0.3, 0.4) is 0 Å². The first kappa shape index (κ1) is 18.4. The molecule has 0 bridgehead atoms. The lowest BCUT2D eigenvalue weighted by Crippen LogP contribution is -2.33. The first-order valence-electron chi connectivity index (χ1n) is 9.34. The average molecular weight is 352 g/mol. The minimum Gasteiger partial charge on any atom is -0.355 e. The van der Waals surface area contributed by atoms with Crippen molar-refractivity contribution in [1.82, 2.24) is 10.2 Å². The number of hydrogen-bond acceptors (Lipinski definition) is 4. The van der Waals surface area contributed by atoms with Crippen LogP contribution in [-0.2, 0) is 5.41 Å². The Labute approximate surface area is 155 Å². The Bertz CT molecular complexity index is 756. The van der Waals surface area contributed by atoms with Crippen molar-refractivity contribution in [3.8, 4) is 0 Å². The minimum absolute atomic E-state index is 0.0508. The van der Waals surface area contributed by atoms with Crippen molar-refractivity contribution in [2.24, 2.45) is 5.92 Å². The third-order valence-corrected chi connectivity index (χ3v) is 4.97. The van der Waals surface area contributed by atoms with Crippen LogP contribution in [0.1, 0.15) is 56.6 Å². The topological polar surface area (TPSA) is 58.1 Å². The molecule has 0 atom stereocenters. The zero-order valence-corrected chi connectivity index (χ0v) is 16.1. The summed E-state index contributed by atoms with van der Waals surface area (Å²) in [6.07, 6.45) is 2.35. The molecule has 1 N–H and O–H groups in total. The van der Waals surface area contributed by atoms with Crippen molar-refractivity contribution in [2.45, 2.75) is 46.0 Å². The first-order valence-corrected chi connectivity index (χ1v) is 9.34. The van der Waals surface area contributed by atoms with Gasteiger partial charge in [0.15, 0.2) is 11.5 Å². The van der Waals surface area contributed by atoms with E-state index in [1.54, 1.807) is 6.07 Å². The normalized spacial score (nSPS) is 15.8. The molecule has 0 radical (unpaired) electrons. The molecule has 1 fully saturated rings. The summed E-state index contributed by atoms with van der Waals surface area (Å²) in [7, 11) is 0. The van der Waals surface area contributed by atoms with Crippen molar-refractivity contribution >= 4 is 17.4 Å². The molecular weight excluding hydrogens is 324 g/mol. The Kier molecular flexibility index (Phi) is 5.25. The van der Waals surface area contributed by atoms with E-state index in [4.69, 9.17) is 0 Å². The molecule has 3 rings (SSSR count). The third kappa shape index (κ3) is 4.21. The highest BCUT2D eigenvalue weighted by atomic mass is 16.1. The summed E-state index contributed by atoms with van der Waals surface area (Å²) in [6, 6.07) is 11.5. The number of piperidine rings is 1. The lowest BCUT2D eigenvalue weighted by Gasteiger charge is -2.30. The van der Waals surface area contributed by atoms with Crippen LogP contribution < -0.4 is 10.2 Å². The van der Waals surface area contributed by atoms with Gasteiger partial charge in [-0.3, -0.25) is 4.79 Å². The zero-order chi connectivity index (χ0) is 18.7. The first-order chi connectivity index (χ1) is 12.3. The van der Waals surface area contributed by atoms with Crippen LogP contribution in [0.2, 0.25) is 0 Å². The Morgan fingerprint density at radius 1 is 1.08 bits per heavy atom. The summed E-state index contributed by atoms with van der Waals surface area (Å²) in [5, 5.41) is 11.4. The molecule has 5 heteroatoms. The summed E-state index contributed by atoms with van der Waals surface area (Å²) in [5.74, 6) is 1.39. The van der Waals surface area contributed by atoms with Gasteiger partial charge in [-0.25, -0.2) is 0 Å². The summed E-state index contributed by atoms with van der Waals surface area (Å²) < 4.78 is 0. The quantitative estimate of drug-likeness (QED) is 0.896. The van der Waals surface area contributed by atoms with Crippen molar-refractivity contribution in [2.75, 3.05) is 23.3 Å². The van der Waals surface area contributed by atoms with Crippen LogP contribution in [0.25, 0.3) is 0 Å². The Morgan fingerprint density at radius 3 is 2.38 bits per heavy atom. The molecule has 1 aromatic heterocycles. The molecular formula is C21H28N4O. The highest BCUT2D eigenvalue weighted by Crippen LogP contribution is 2.29. The van der Waals surface area contributed by atoms with Crippen LogP contribution in [-0.4, -0.2) is 29.2 Å². The molecule has 1 aliphatic heterocycles. The molecule has 0 unspecified atom stereocenters. The van der Waals surface area contributed by atoms with Gasteiger partial charge in [0.1, 0.15) is 0 Å². The van der Waals surface area contributed by atoms with Gasteiger partial charge in [-0.2, -0.15) is 0 Å². The summed E-state index contributed by atoms with van der Waals surface area (Å²) in [5.41, 5.74) is 2.20. The van der Waals surface area contributed by atoms with E-state index in [1.165, 1.54) is 12.8 Å². The summed E-state index contributed by atoms with van der Waals surface area (Å²) in [4.78, 5) is 14.8. The van der Waals surface area contributed by atoms with Gasteiger partial charge < -0.3 is 10.2 Å². The smallest absolute Gasteiger partial charge is 0.276 e. The Morgan fingerprint density at radius 2 is 1.77 bits per heavy atom. The maximum Gasteiger partial charge on any atom is 0.276 e. The predicted molar refractivity (Wildman–Crippen MR) is 106 cm³/mol. The standard InChI is InChI=1S/C21H28N4O/c1-15-11-13-25(14-12-15)19-10-9-18(23-24-19)20(26)22-17-8-6-5-7-16(17)21(2,3)4/h5-10,15H,11-14H2,1-4H3,(H,22,26). The molecule has 0 spiro atoms. The van der Waals surface area contributed by atoms with Gasteiger partial charge in [-0.15, -0.1) is 10.2 Å². The second-order valence-corrected chi connectivity index (χ2v) is 8.20. The number of anilines is 2. The maximum absolute atomic E-state index is 12.6. The number of nitrogens with one attached hydrogen (secondary N) is 1. The molecule has 5 nitrogen and oxygen atoms in total. The summed E-state index contributed by atoms with van der Waals surface area (Å²) >= 11 is 0. The molecule has 1 saturated heterocycles. The van der Waals surface area contributed by atoms with Crippen molar-refractivity contribution in [3.63, 3.8) is 0 Å². The van der Waals surface area contributed by atoms with E-state index >= 15 is 0 Å². The van der Waals surface area contributed by atoms with E-state index in [0.717, 1.165) is 36.1 Å². The van der Waals surface area contributed by atoms with Gasteiger partial charge in [0, 0.05) is 18.8 Å². The number of amides is 1. The van der Waals surface area contributed by atoms with E-state index in [-0.39, 0.29) is 11.3 Å².